The minimum absolute atomic E-state index is 0.264. The first kappa shape index (κ1) is 20.9. The number of sulfonamides is 1. The topological polar surface area (TPSA) is 78.5 Å². The Hall–Kier alpha value is -3.32. The number of benzene rings is 3. The van der Waals surface area contributed by atoms with Gasteiger partial charge in [0.1, 0.15) is 0 Å². The molecule has 0 spiro atoms. The molecule has 0 atom stereocenters. The molecule has 0 saturated carbocycles. The molecular weight excluding hydrogens is 410 g/mol. The van der Waals surface area contributed by atoms with Crippen LogP contribution in [0.25, 0.3) is 0 Å². The van der Waals surface area contributed by atoms with Gasteiger partial charge in [0.05, 0.1) is 10.6 Å². The Kier molecular flexibility index (Phi) is 6.23. The second-order valence-corrected chi connectivity index (χ2v) is 9.32. The van der Waals surface area contributed by atoms with Crippen LogP contribution in [-0.2, 0) is 22.9 Å². The highest BCUT2D eigenvalue weighted by molar-refractivity contribution is 7.92. The molecule has 0 aromatic heterocycles. The summed E-state index contributed by atoms with van der Waals surface area (Å²) >= 11 is 0. The van der Waals surface area contributed by atoms with Gasteiger partial charge in [-0.3, -0.25) is 4.31 Å². The molecule has 160 valence electrons. The van der Waals surface area contributed by atoms with E-state index >= 15 is 0 Å². The van der Waals surface area contributed by atoms with Gasteiger partial charge in [0.15, 0.2) is 0 Å². The number of fused-ring (bicyclic) bond motifs is 1. The summed E-state index contributed by atoms with van der Waals surface area (Å²) in [7, 11) is -3.66. The van der Waals surface area contributed by atoms with Crippen LogP contribution < -0.4 is 14.9 Å². The van der Waals surface area contributed by atoms with Crippen LogP contribution in [0.2, 0.25) is 0 Å². The average Bonchev–Trinajstić information content (AvgIpc) is 2.80. The lowest BCUT2D eigenvalue weighted by Crippen LogP contribution is -2.35. The largest absolute Gasteiger partial charge is 0.338 e. The maximum absolute atomic E-state index is 13.2. The predicted octanol–water partition coefficient (Wildman–Crippen LogP) is 4.19. The highest BCUT2D eigenvalue weighted by Crippen LogP contribution is 2.34. The number of carbonyl (C=O) groups excluding carboxylic acids is 1. The second-order valence-electron chi connectivity index (χ2n) is 7.45. The first-order chi connectivity index (χ1) is 15.0. The molecule has 1 aliphatic rings. The first-order valence-electron chi connectivity index (χ1n) is 10.3. The zero-order valence-corrected chi connectivity index (χ0v) is 17.9. The molecule has 2 amide bonds. The monoisotopic (exact) mass is 435 g/mol. The average molecular weight is 436 g/mol. The van der Waals surface area contributed by atoms with E-state index in [9.17, 15) is 13.2 Å². The van der Waals surface area contributed by atoms with E-state index in [-0.39, 0.29) is 10.9 Å². The number of amides is 2. The smallest absolute Gasteiger partial charge is 0.319 e. The third-order valence-corrected chi connectivity index (χ3v) is 7.12. The summed E-state index contributed by atoms with van der Waals surface area (Å²) in [5, 5.41) is 5.66. The summed E-state index contributed by atoms with van der Waals surface area (Å²) in [6.07, 6.45) is 2.30. The molecule has 0 fully saturated rings. The molecule has 3 aromatic rings. The Bertz CT molecular complexity index is 1150. The summed E-state index contributed by atoms with van der Waals surface area (Å²) in [5.41, 5.74) is 3.29. The van der Waals surface area contributed by atoms with E-state index in [0.29, 0.717) is 24.5 Å². The number of nitrogens with zero attached hydrogens (tertiary/aromatic N) is 1. The van der Waals surface area contributed by atoms with Crippen molar-refractivity contribution in [3.05, 3.63) is 90.0 Å². The number of hydrogen-bond acceptors (Lipinski definition) is 3. The molecule has 0 saturated heterocycles. The van der Waals surface area contributed by atoms with Crippen LogP contribution in [0.4, 0.5) is 16.2 Å². The van der Waals surface area contributed by atoms with Gasteiger partial charge in [0, 0.05) is 18.8 Å². The molecule has 0 unspecified atom stereocenters. The van der Waals surface area contributed by atoms with Gasteiger partial charge in [-0.05, 0) is 54.7 Å². The molecule has 1 aliphatic heterocycles. The fourth-order valence-corrected chi connectivity index (χ4v) is 5.28. The maximum Gasteiger partial charge on any atom is 0.319 e. The number of urea groups is 1. The minimum atomic E-state index is -3.66. The van der Waals surface area contributed by atoms with Crippen LogP contribution in [0.3, 0.4) is 0 Å². The molecule has 4 rings (SSSR count). The molecule has 7 heteroatoms. The minimum Gasteiger partial charge on any atom is -0.338 e. The van der Waals surface area contributed by atoms with Crippen LogP contribution in [-0.4, -0.2) is 27.5 Å². The summed E-state index contributed by atoms with van der Waals surface area (Å²) < 4.78 is 27.8. The SMILES string of the molecule is O=C(NCCc1ccccc1)Nc1ccc2c(c1)N(S(=O)(=O)c1ccccc1)CCC2. The number of nitrogens with one attached hydrogen (secondary N) is 2. The number of hydrogen-bond donors (Lipinski definition) is 2. The number of anilines is 2. The van der Waals surface area contributed by atoms with Crippen molar-refractivity contribution in [2.45, 2.75) is 24.2 Å². The van der Waals surface area contributed by atoms with E-state index < -0.39 is 10.0 Å². The van der Waals surface area contributed by atoms with Gasteiger partial charge in [-0.25, -0.2) is 13.2 Å². The maximum atomic E-state index is 13.2. The quantitative estimate of drug-likeness (QED) is 0.609. The summed E-state index contributed by atoms with van der Waals surface area (Å²) in [4.78, 5) is 12.6. The Morgan fingerprint density at radius 2 is 1.65 bits per heavy atom. The van der Waals surface area contributed by atoms with Crippen molar-refractivity contribution >= 4 is 27.4 Å². The van der Waals surface area contributed by atoms with Gasteiger partial charge in [-0.15, -0.1) is 0 Å². The van der Waals surface area contributed by atoms with Gasteiger partial charge >= 0.3 is 6.03 Å². The number of aryl methyl sites for hydroxylation is 1. The van der Waals surface area contributed by atoms with Crippen LogP contribution in [0.15, 0.2) is 83.8 Å². The van der Waals surface area contributed by atoms with Crippen LogP contribution >= 0.6 is 0 Å². The summed E-state index contributed by atoms with van der Waals surface area (Å²) in [5.74, 6) is 0. The molecule has 0 radical (unpaired) electrons. The highest BCUT2D eigenvalue weighted by atomic mass is 32.2. The Balaban J connectivity index is 1.47. The van der Waals surface area contributed by atoms with E-state index in [4.69, 9.17) is 0 Å². The van der Waals surface area contributed by atoms with Crippen LogP contribution in [0, 0.1) is 0 Å². The lowest BCUT2D eigenvalue weighted by molar-refractivity contribution is 0.252. The standard InChI is InChI=1S/C24H25N3O3S/c28-24(25-16-15-19-8-3-1-4-9-19)26-21-14-13-20-10-7-17-27(23(20)18-21)31(29,30)22-11-5-2-6-12-22/h1-6,8-9,11-14,18H,7,10,15-17H2,(H2,25,26,28). The van der Waals surface area contributed by atoms with Gasteiger partial charge in [-0.2, -0.15) is 0 Å². The zero-order valence-electron chi connectivity index (χ0n) is 17.1. The van der Waals surface area contributed by atoms with Crippen molar-refractivity contribution in [3.63, 3.8) is 0 Å². The Morgan fingerprint density at radius 1 is 0.935 bits per heavy atom. The van der Waals surface area contributed by atoms with Crippen LogP contribution in [0.5, 0.6) is 0 Å². The van der Waals surface area contributed by atoms with Crippen molar-refractivity contribution in [1.29, 1.82) is 0 Å². The Labute approximate surface area is 183 Å². The van der Waals surface area contributed by atoms with Gasteiger partial charge < -0.3 is 10.6 Å². The third kappa shape index (κ3) is 4.88. The predicted molar refractivity (Wildman–Crippen MR) is 123 cm³/mol. The number of carbonyl (C=O) groups is 1. The van der Waals surface area contributed by atoms with Gasteiger partial charge in [0.2, 0.25) is 0 Å². The molecule has 0 aliphatic carbocycles. The molecule has 31 heavy (non-hydrogen) atoms. The second kappa shape index (κ2) is 9.22. The van der Waals surface area contributed by atoms with Gasteiger partial charge in [-0.1, -0.05) is 54.6 Å². The Morgan fingerprint density at radius 3 is 2.39 bits per heavy atom. The van der Waals surface area contributed by atoms with E-state index in [0.717, 1.165) is 30.4 Å². The molecule has 1 heterocycles. The molecule has 0 bridgehead atoms. The van der Waals surface area contributed by atoms with Crippen molar-refractivity contribution in [2.75, 3.05) is 22.7 Å². The van der Waals surface area contributed by atoms with E-state index in [1.165, 1.54) is 4.31 Å². The fraction of sp³-hybridized carbons (Fsp3) is 0.208. The van der Waals surface area contributed by atoms with Crippen molar-refractivity contribution in [2.24, 2.45) is 0 Å². The lowest BCUT2D eigenvalue weighted by Gasteiger charge is -2.31. The first-order valence-corrected chi connectivity index (χ1v) is 11.8. The molecule has 6 nitrogen and oxygen atoms in total. The highest BCUT2D eigenvalue weighted by Gasteiger charge is 2.29. The fourth-order valence-electron chi connectivity index (χ4n) is 3.73. The van der Waals surface area contributed by atoms with Crippen molar-refractivity contribution in [1.82, 2.24) is 5.32 Å². The third-order valence-electron chi connectivity index (χ3n) is 5.29. The normalized spacial score (nSPS) is 13.4. The number of rotatable bonds is 6. The van der Waals surface area contributed by atoms with Gasteiger partial charge in [0.25, 0.3) is 10.0 Å². The summed E-state index contributed by atoms with van der Waals surface area (Å²) in [6, 6.07) is 23.5. The van der Waals surface area contributed by atoms with E-state index in [1.54, 1.807) is 36.4 Å². The lowest BCUT2D eigenvalue weighted by atomic mass is 10.0. The molecular formula is C24H25N3O3S. The van der Waals surface area contributed by atoms with E-state index in [2.05, 4.69) is 10.6 Å². The van der Waals surface area contributed by atoms with Crippen LogP contribution in [0.1, 0.15) is 17.5 Å². The van der Waals surface area contributed by atoms with Crippen molar-refractivity contribution < 1.29 is 13.2 Å². The van der Waals surface area contributed by atoms with Crippen molar-refractivity contribution in [3.8, 4) is 0 Å². The summed E-state index contributed by atoms with van der Waals surface area (Å²) in [6.45, 7) is 0.923. The molecule has 2 N–H and O–H groups in total. The van der Waals surface area contributed by atoms with E-state index in [1.807, 2.05) is 42.5 Å². The molecule has 3 aromatic carbocycles. The zero-order chi connectivity index (χ0) is 21.7.